The fraction of sp³-hybridized carbons (Fsp3) is 0.500. The number of rotatable bonds is 15. The number of hydrogen-bond donors (Lipinski definition) is 3. The van der Waals surface area contributed by atoms with E-state index in [0.717, 1.165) is 55.4 Å². The van der Waals surface area contributed by atoms with Gasteiger partial charge in [0.05, 0.1) is 7.11 Å². The van der Waals surface area contributed by atoms with Crippen LogP contribution in [-0.4, -0.2) is 22.4 Å². The first-order chi connectivity index (χ1) is 15.5. The molecule has 0 aromatic heterocycles. The van der Waals surface area contributed by atoms with E-state index >= 15 is 0 Å². The van der Waals surface area contributed by atoms with Gasteiger partial charge >= 0.3 is 0 Å². The van der Waals surface area contributed by atoms with Crippen molar-refractivity contribution in [3.8, 4) is 23.0 Å². The van der Waals surface area contributed by atoms with Crippen LogP contribution in [0.4, 0.5) is 0 Å². The van der Waals surface area contributed by atoms with Crippen LogP contribution in [0.1, 0.15) is 80.9 Å². The molecule has 0 spiro atoms. The van der Waals surface area contributed by atoms with Gasteiger partial charge in [0.25, 0.3) is 0 Å². The number of allylic oxidation sites excluding steroid dienone is 2. The van der Waals surface area contributed by atoms with Gasteiger partial charge in [-0.05, 0) is 93.7 Å². The standard InChI is InChI=1S/C28H40O4/c1-22-27(30)19-24(20-28(22)31)16-14-12-10-8-6-4-3-5-7-9-11-13-15-23-17-25(29)21-26(18-23)32-2/h3,5,17-21,29-31H,4,6-16H2,1-2H3. The van der Waals surface area contributed by atoms with E-state index < -0.39 is 0 Å². The van der Waals surface area contributed by atoms with Crippen molar-refractivity contribution < 1.29 is 20.1 Å². The number of aryl methyl sites for hydroxylation is 2. The summed E-state index contributed by atoms with van der Waals surface area (Å²) in [4.78, 5) is 0. The molecule has 0 fully saturated rings. The van der Waals surface area contributed by atoms with E-state index in [9.17, 15) is 15.3 Å². The van der Waals surface area contributed by atoms with Crippen LogP contribution >= 0.6 is 0 Å². The molecule has 0 heterocycles. The molecule has 32 heavy (non-hydrogen) atoms. The van der Waals surface area contributed by atoms with Crippen molar-refractivity contribution in [3.63, 3.8) is 0 Å². The van der Waals surface area contributed by atoms with Gasteiger partial charge in [-0.2, -0.15) is 0 Å². The zero-order chi connectivity index (χ0) is 23.2. The number of methoxy groups -OCH3 is 1. The average Bonchev–Trinajstić information content (AvgIpc) is 2.77. The number of benzene rings is 2. The van der Waals surface area contributed by atoms with E-state index in [1.54, 1.807) is 32.2 Å². The molecule has 2 aromatic carbocycles. The van der Waals surface area contributed by atoms with Crippen LogP contribution in [-0.2, 0) is 12.8 Å². The molecular formula is C28H40O4. The smallest absolute Gasteiger partial charge is 0.122 e. The van der Waals surface area contributed by atoms with Gasteiger partial charge in [0, 0.05) is 11.6 Å². The minimum absolute atomic E-state index is 0.184. The summed E-state index contributed by atoms with van der Waals surface area (Å²) in [5.41, 5.74) is 2.69. The van der Waals surface area contributed by atoms with Crippen LogP contribution in [0.3, 0.4) is 0 Å². The zero-order valence-corrected chi connectivity index (χ0v) is 19.8. The highest BCUT2D eigenvalue weighted by molar-refractivity contribution is 5.45. The van der Waals surface area contributed by atoms with Gasteiger partial charge in [0.15, 0.2) is 0 Å². The molecule has 0 aliphatic heterocycles. The molecule has 0 unspecified atom stereocenters. The summed E-state index contributed by atoms with van der Waals surface area (Å²) in [6.07, 6.45) is 18.3. The Hall–Kier alpha value is -2.62. The van der Waals surface area contributed by atoms with Gasteiger partial charge in [0.1, 0.15) is 23.0 Å². The first-order valence-electron chi connectivity index (χ1n) is 12.0. The Morgan fingerprint density at radius 1 is 0.656 bits per heavy atom. The summed E-state index contributed by atoms with van der Waals surface area (Å²) in [6.45, 7) is 1.72. The predicted octanol–water partition coefficient (Wildman–Crippen LogP) is 7.36. The number of phenols is 3. The topological polar surface area (TPSA) is 69.9 Å². The molecule has 2 aromatic rings. The number of aromatic hydroxyl groups is 3. The number of hydrogen-bond acceptors (Lipinski definition) is 4. The summed E-state index contributed by atoms with van der Waals surface area (Å²) < 4.78 is 5.20. The highest BCUT2D eigenvalue weighted by atomic mass is 16.5. The average molecular weight is 441 g/mol. The maximum Gasteiger partial charge on any atom is 0.122 e. The Morgan fingerprint density at radius 3 is 1.75 bits per heavy atom. The molecule has 0 saturated heterocycles. The maximum atomic E-state index is 9.78. The molecule has 0 saturated carbocycles. The monoisotopic (exact) mass is 440 g/mol. The number of phenolic OH excluding ortho intramolecular Hbond substituents is 3. The second-order valence-electron chi connectivity index (χ2n) is 8.68. The van der Waals surface area contributed by atoms with Crippen molar-refractivity contribution in [2.75, 3.05) is 7.11 Å². The third kappa shape index (κ3) is 9.67. The van der Waals surface area contributed by atoms with E-state index in [1.807, 2.05) is 12.1 Å². The Morgan fingerprint density at radius 2 is 1.16 bits per heavy atom. The summed E-state index contributed by atoms with van der Waals surface area (Å²) >= 11 is 0. The van der Waals surface area contributed by atoms with Crippen LogP contribution in [0.2, 0.25) is 0 Å². The first kappa shape index (κ1) is 25.6. The lowest BCUT2D eigenvalue weighted by Gasteiger charge is -2.07. The second kappa shape index (κ2) is 14.4. The first-order valence-corrected chi connectivity index (χ1v) is 12.0. The van der Waals surface area contributed by atoms with Gasteiger partial charge < -0.3 is 20.1 Å². The Balaban J connectivity index is 1.43. The maximum absolute atomic E-state index is 9.78. The van der Waals surface area contributed by atoms with Gasteiger partial charge in [-0.25, -0.2) is 0 Å². The molecule has 0 radical (unpaired) electrons. The lowest BCUT2D eigenvalue weighted by atomic mass is 10.0. The van der Waals surface area contributed by atoms with E-state index in [2.05, 4.69) is 12.2 Å². The van der Waals surface area contributed by atoms with Crippen molar-refractivity contribution in [1.29, 1.82) is 0 Å². The van der Waals surface area contributed by atoms with Crippen LogP contribution in [0.5, 0.6) is 23.0 Å². The van der Waals surface area contributed by atoms with E-state index in [4.69, 9.17) is 4.74 Å². The Labute approximate surface area is 193 Å². The SMILES string of the molecule is COc1cc(O)cc(CCCCCC=CCCCCCCCc2cc(O)c(C)c(O)c2)c1. The normalized spacial score (nSPS) is 11.3. The number of ether oxygens (including phenoxy) is 1. The predicted molar refractivity (Wildman–Crippen MR) is 132 cm³/mol. The van der Waals surface area contributed by atoms with Crippen LogP contribution < -0.4 is 4.74 Å². The lowest BCUT2D eigenvalue weighted by molar-refractivity contribution is 0.406. The Kier molecular flexibility index (Phi) is 11.6. The molecular weight excluding hydrogens is 400 g/mol. The molecule has 0 bridgehead atoms. The summed E-state index contributed by atoms with van der Waals surface area (Å²) in [5, 5.41) is 29.3. The zero-order valence-electron chi connectivity index (χ0n) is 19.8. The Bertz CT molecular complexity index is 818. The molecule has 0 amide bonds. The van der Waals surface area contributed by atoms with Crippen LogP contribution in [0, 0.1) is 6.92 Å². The lowest BCUT2D eigenvalue weighted by Crippen LogP contribution is -1.89. The van der Waals surface area contributed by atoms with E-state index in [0.29, 0.717) is 5.56 Å². The highest BCUT2D eigenvalue weighted by Gasteiger charge is 2.05. The summed E-state index contributed by atoms with van der Waals surface area (Å²) in [7, 11) is 1.62. The largest absolute Gasteiger partial charge is 0.508 e. The van der Waals surface area contributed by atoms with Crippen LogP contribution in [0.25, 0.3) is 0 Å². The number of unbranched alkanes of at least 4 members (excludes halogenated alkanes) is 8. The molecule has 0 atom stereocenters. The second-order valence-corrected chi connectivity index (χ2v) is 8.68. The molecule has 4 nitrogen and oxygen atoms in total. The van der Waals surface area contributed by atoms with Gasteiger partial charge in [-0.3, -0.25) is 0 Å². The molecule has 4 heteroatoms. The molecule has 2 rings (SSSR count). The van der Waals surface area contributed by atoms with Gasteiger partial charge in [-0.15, -0.1) is 0 Å². The molecule has 0 aliphatic rings. The van der Waals surface area contributed by atoms with Crippen molar-refractivity contribution in [2.24, 2.45) is 0 Å². The van der Waals surface area contributed by atoms with Crippen molar-refractivity contribution in [3.05, 3.63) is 59.2 Å². The quantitative estimate of drug-likeness (QED) is 0.200. The van der Waals surface area contributed by atoms with Crippen molar-refractivity contribution in [1.82, 2.24) is 0 Å². The van der Waals surface area contributed by atoms with Crippen molar-refractivity contribution >= 4 is 0 Å². The molecule has 3 N–H and O–H groups in total. The third-order valence-corrected chi connectivity index (χ3v) is 5.94. The van der Waals surface area contributed by atoms with Gasteiger partial charge in [-0.1, -0.05) is 37.8 Å². The van der Waals surface area contributed by atoms with E-state index in [-0.39, 0.29) is 17.2 Å². The minimum Gasteiger partial charge on any atom is -0.508 e. The summed E-state index contributed by atoms with van der Waals surface area (Å²) in [6, 6.07) is 8.99. The molecule has 0 aliphatic carbocycles. The summed E-state index contributed by atoms with van der Waals surface area (Å²) in [5.74, 6) is 1.36. The molecule has 176 valence electrons. The van der Waals surface area contributed by atoms with Crippen LogP contribution in [0.15, 0.2) is 42.5 Å². The van der Waals surface area contributed by atoms with E-state index in [1.165, 1.54) is 38.5 Å². The van der Waals surface area contributed by atoms with Crippen molar-refractivity contribution in [2.45, 2.75) is 84.0 Å². The fourth-order valence-corrected chi connectivity index (χ4v) is 3.92. The highest BCUT2D eigenvalue weighted by Crippen LogP contribution is 2.28. The van der Waals surface area contributed by atoms with Gasteiger partial charge in [0.2, 0.25) is 0 Å². The minimum atomic E-state index is 0.184. The fourth-order valence-electron chi connectivity index (χ4n) is 3.92. The third-order valence-electron chi connectivity index (χ3n) is 5.94.